The summed E-state index contributed by atoms with van der Waals surface area (Å²) in [6.07, 6.45) is 3.14. The van der Waals surface area contributed by atoms with Crippen molar-refractivity contribution >= 4 is 48.5 Å². The van der Waals surface area contributed by atoms with Gasteiger partial charge in [0.15, 0.2) is 5.13 Å². The summed E-state index contributed by atoms with van der Waals surface area (Å²) in [5.74, 6) is 0.820. The monoisotopic (exact) mass is 380 g/mol. The Kier molecular flexibility index (Phi) is 4.29. The Morgan fingerprint density at radius 1 is 1.41 bits per heavy atom. The van der Waals surface area contributed by atoms with Crippen LogP contribution in [0.1, 0.15) is 40.0 Å². The van der Waals surface area contributed by atoms with Gasteiger partial charge in [0.1, 0.15) is 0 Å². The molecule has 1 aliphatic carbocycles. The molecule has 2 unspecified atom stereocenters. The topological polar surface area (TPSA) is 42.0 Å². The van der Waals surface area contributed by atoms with E-state index in [1.807, 2.05) is 18.2 Å². The van der Waals surface area contributed by atoms with Gasteiger partial charge in [-0.25, -0.2) is 4.98 Å². The number of benzene rings is 1. The highest BCUT2D eigenvalue weighted by Crippen LogP contribution is 2.42. The number of fused-ring (bicyclic) bond motifs is 1. The first-order valence-corrected chi connectivity index (χ1v) is 9.30. The van der Waals surface area contributed by atoms with E-state index < -0.39 is 0 Å². The van der Waals surface area contributed by atoms with Crippen LogP contribution in [0.3, 0.4) is 0 Å². The largest absolute Gasteiger partial charge is 0.302 e. The number of thiazole rings is 1. The Morgan fingerprint density at radius 3 is 2.91 bits per heavy atom. The zero-order valence-corrected chi connectivity index (χ0v) is 15.6. The van der Waals surface area contributed by atoms with Gasteiger partial charge in [-0.05, 0) is 48.8 Å². The van der Waals surface area contributed by atoms with Crippen molar-refractivity contribution in [3.63, 3.8) is 0 Å². The summed E-state index contributed by atoms with van der Waals surface area (Å²) < 4.78 is 2.12. The molecule has 22 heavy (non-hydrogen) atoms. The molecule has 1 N–H and O–H groups in total. The maximum Gasteiger partial charge on any atom is 0.229 e. The van der Waals surface area contributed by atoms with Gasteiger partial charge in [0, 0.05) is 10.4 Å². The Hall–Kier alpha value is -0.940. The van der Waals surface area contributed by atoms with Gasteiger partial charge in [-0.1, -0.05) is 48.0 Å². The molecule has 1 aromatic heterocycles. The van der Waals surface area contributed by atoms with Gasteiger partial charge in [0.05, 0.1) is 10.2 Å². The second-order valence-electron chi connectivity index (χ2n) is 7.23. The van der Waals surface area contributed by atoms with Gasteiger partial charge in [-0.2, -0.15) is 0 Å². The summed E-state index contributed by atoms with van der Waals surface area (Å²) in [5, 5.41) is 3.73. The predicted octanol–water partition coefficient (Wildman–Crippen LogP) is 5.46. The molecule has 0 bridgehead atoms. The zero-order valence-electron chi connectivity index (χ0n) is 13.1. The Labute approximate surface area is 143 Å². The molecule has 1 saturated carbocycles. The van der Waals surface area contributed by atoms with Crippen molar-refractivity contribution in [1.29, 1.82) is 0 Å². The quantitative estimate of drug-likeness (QED) is 0.751. The Morgan fingerprint density at radius 2 is 2.18 bits per heavy atom. The van der Waals surface area contributed by atoms with Crippen molar-refractivity contribution in [2.75, 3.05) is 5.32 Å². The van der Waals surface area contributed by atoms with Crippen LogP contribution >= 0.6 is 27.3 Å². The lowest BCUT2D eigenvalue weighted by Gasteiger charge is -2.38. The summed E-state index contributed by atoms with van der Waals surface area (Å²) in [6.45, 7) is 6.77. The van der Waals surface area contributed by atoms with Crippen LogP contribution in [0.4, 0.5) is 5.13 Å². The number of aromatic nitrogens is 1. The number of halogens is 1. The highest BCUT2D eigenvalue weighted by atomic mass is 79.9. The fourth-order valence-electron chi connectivity index (χ4n) is 3.71. The molecule has 0 aliphatic heterocycles. The van der Waals surface area contributed by atoms with Crippen molar-refractivity contribution < 1.29 is 4.79 Å². The molecular formula is C17H21BrN2OS. The number of carbonyl (C=O) groups excluding carboxylic acids is 1. The number of amides is 1. The van der Waals surface area contributed by atoms with E-state index in [0.29, 0.717) is 11.0 Å². The lowest BCUT2D eigenvalue weighted by Crippen LogP contribution is -2.34. The van der Waals surface area contributed by atoms with Crippen LogP contribution in [-0.4, -0.2) is 10.9 Å². The molecule has 3 rings (SSSR count). The van der Waals surface area contributed by atoms with Crippen molar-refractivity contribution in [2.45, 2.75) is 40.0 Å². The number of rotatable bonds is 2. The minimum atomic E-state index is 0.0949. The van der Waals surface area contributed by atoms with Crippen molar-refractivity contribution in [2.24, 2.45) is 17.3 Å². The molecule has 0 radical (unpaired) electrons. The van der Waals surface area contributed by atoms with Crippen molar-refractivity contribution in [3.05, 3.63) is 22.7 Å². The summed E-state index contributed by atoms with van der Waals surface area (Å²) in [4.78, 5) is 17.1. The van der Waals surface area contributed by atoms with Crippen LogP contribution < -0.4 is 5.32 Å². The average molecular weight is 381 g/mol. The zero-order chi connectivity index (χ0) is 15.9. The second-order valence-corrected chi connectivity index (χ2v) is 9.18. The van der Waals surface area contributed by atoms with Crippen LogP contribution in [0, 0.1) is 17.3 Å². The third kappa shape index (κ3) is 3.51. The Balaban J connectivity index is 1.75. The number of carbonyl (C=O) groups is 1. The van der Waals surface area contributed by atoms with Gasteiger partial charge in [0.25, 0.3) is 0 Å². The number of hydrogen-bond donors (Lipinski definition) is 1. The highest BCUT2D eigenvalue weighted by molar-refractivity contribution is 9.10. The number of anilines is 1. The average Bonchev–Trinajstić information content (AvgIpc) is 2.77. The molecule has 2 aromatic rings. The third-order valence-corrected chi connectivity index (χ3v) is 5.77. The first-order chi connectivity index (χ1) is 10.3. The first kappa shape index (κ1) is 15.9. The Bertz CT molecular complexity index is 710. The normalized spacial score (nSPS) is 24.4. The lowest BCUT2D eigenvalue weighted by atomic mass is 9.68. The molecule has 118 valence electrons. The van der Waals surface area contributed by atoms with Gasteiger partial charge >= 0.3 is 0 Å². The van der Waals surface area contributed by atoms with Crippen LogP contribution in [-0.2, 0) is 4.79 Å². The van der Waals surface area contributed by atoms with Crippen molar-refractivity contribution in [1.82, 2.24) is 4.98 Å². The van der Waals surface area contributed by atoms with Crippen LogP contribution in [0.2, 0.25) is 0 Å². The van der Waals surface area contributed by atoms with E-state index in [0.717, 1.165) is 27.5 Å². The molecule has 2 atom stereocenters. The molecule has 5 heteroatoms. The van der Waals surface area contributed by atoms with Crippen LogP contribution in [0.5, 0.6) is 0 Å². The molecular weight excluding hydrogens is 360 g/mol. The number of nitrogens with one attached hydrogen (secondary N) is 1. The number of hydrogen-bond acceptors (Lipinski definition) is 3. The summed E-state index contributed by atoms with van der Waals surface area (Å²) >= 11 is 5.00. The van der Waals surface area contributed by atoms with E-state index >= 15 is 0 Å². The van der Waals surface area contributed by atoms with Crippen LogP contribution in [0.15, 0.2) is 22.7 Å². The molecule has 0 saturated heterocycles. The van der Waals surface area contributed by atoms with E-state index in [9.17, 15) is 4.79 Å². The van der Waals surface area contributed by atoms with Gasteiger partial charge < -0.3 is 5.32 Å². The molecule has 1 amide bonds. The maximum absolute atomic E-state index is 12.6. The van der Waals surface area contributed by atoms with E-state index in [1.54, 1.807) is 0 Å². The molecule has 3 nitrogen and oxygen atoms in total. The molecule has 1 fully saturated rings. The number of nitrogens with zero attached hydrogens (tertiary/aromatic N) is 1. The second kappa shape index (κ2) is 5.93. The third-order valence-electron chi connectivity index (χ3n) is 4.34. The summed E-state index contributed by atoms with van der Waals surface area (Å²) in [5.41, 5.74) is 1.18. The standard InChI is InChI=1S/C17H21BrN2OS/c1-10-6-11(9-17(2,3)8-10)15(21)20-16-19-13-5-4-12(18)7-14(13)22-16/h4-5,7,10-11H,6,8-9H2,1-3H3,(H,19,20,21). The smallest absolute Gasteiger partial charge is 0.229 e. The van der Waals surface area contributed by atoms with E-state index in [-0.39, 0.29) is 17.2 Å². The minimum absolute atomic E-state index is 0.0949. The maximum atomic E-state index is 12.6. The van der Waals surface area contributed by atoms with Gasteiger partial charge in [-0.15, -0.1) is 0 Å². The lowest BCUT2D eigenvalue weighted by molar-refractivity contribution is -0.122. The molecule has 0 spiro atoms. The summed E-state index contributed by atoms with van der Waals surface area (Å²) in [6, 6.07) is 5.98. The molecule has 1 aromatic carbocycles. The van der Waals surface area contributed by atoms with E-state index in [1.165, 1.54) is 17.8 Å². The molecule has 1 aliphatic rings. The first-order valence-electron chi connectivity index (χ1n) is 7.69. The highest BCUT2D eigenvalue weighted by Gasteiger charge is 2.35. The predicted molar refractivity (Wildman–Crippen MR) is 96.2 cm³/mol. The minimum Gasteiger partial charge on any atom is -0.302 e. The van der Waals surface area contributed by atoms with E-state index in [2.05, 4.69) is 47.0 Å². The fourth-order valence-corrected chi connectivity index (χ4v) is 5.13. The molecule has 1 heterocycles. The summed E-state index contributed by atoms with van der Waals surface area (Å²) in [7, 11) is 0. The fraction of sp³-hybridized carbons (Fsp3) is 0.529. The SMILES string of the molecule is CC1CC(C(=O)Nc2nc3ccc(Br)cc3s2)CC(C)(C)C1. The van der Waals surface area contributed by atoms with Gasteiger partial charge in [-0.3, -0.25) is 4.79 Å². The van der Waals surface area contributed by atoms with Crippen molar-refractivity contribution in [3.8, 4) is 0 Å². The van der Waals surface area contributed by atoms with Crippen LogP contribution in [0.25, 0.3) is 10.2 Å². The van der Waals surface area contributed by atoms with Gasteiger partial charge in [0.2, 0.25) is 5.91 Å². The van der Waals surface area contributed by atoms with E-state index in [4.69, 9.17) is 0 Å².